The minimum atomic E-state index is -0.483. The number of hydrogen-bond acceptors (Lipinski definition) is 5. The van der Waals surface area contributed by atoms with E-state index in [1.54, 1.807) is 25.1 Å². The molecule has 26 heavy (non-hydrogen) atoms. The molecule has 0 radical (unpaired) electrons. The third-order valence-electron chi connectivity index (χ3n) is 4.17. The Labute approximate surface area is 150 Å². The predicted octanol–water partition coefficient (Wildman–Crippen LogP) is 1.00. The zero-order valence-electron chi connectivity index (χ0n) is 14.5. The van der Waals surface area contributed by atoms with E-state index in [0.717, 1.165) is 9.69 Å². The van der Waals surface area contributed by atoms with E-state index in [9.17, 15) is 14.4 Å². The maximum Gasteiger partial charge on any atom is 0.282 e. The van der Waals surface area contributed by atoms with Crippen molar-refractivity contribution in [3.05, 3.63) is 39.9 Å². The number of benzene rings is 1. The fraction of sp³-hybridized carbons (Fsp3) is 0.368. The SMILES string of the molecule is Cc1nc2cccc(C#CCCCO)c2c(=O)n1N1C(=O)CCCC1=O. The van der Waals surface area contributed by atoms with Crippen LogP contribution in [-0.2, 0) is 9.59 Å². The van der Waals surface area contributed by atoms with Gasteiger partial charge >= 0.3 is 0 Å². The van der Waals surface area contributed by atoms with Gasteiger partial charge in [0.1, 0.15) is 5.82 Å². The van der Waals surface area contributed by atoms with Crippen LogP contribution in [0.2, 0.25) is 0 Å². The minimum Gasteiger partial charge on any atom is -0.396 e. The van der Waals surface area contributed by atoms with Crippen LogP contribution in [0.25, 0.3) is 10.9 Å². The van der Waals surface area contributed by atoms with Gasteiger partial charge in [0.05, 0.1) is 10.9 Å². The van der Waals surface area contributed by atoms with Crippen LogP contribution in [-0.4, -0.2) is 33.2 Å². The van der Waals surface area contributed by atoms with Gasteiger partial charge in [-0.25, -0.2) is 4.98 Å². The number of carbonyl (C=O) groups is 2. The summed E-state index contributed by atoms with van der Waals surface area (Å²) in [6, 6.07) is 5.16. The van der Waals surface area contributed by atoms with E-state index in [1.807, 2.05) is 0 Å². The Morgan fingerprint density at radius 1 is 1.19 bits per heavy atom. The summed E-state index contributed by atoms with van der Waals surface area (Å²) in [6.07, 6.45) is 1.99. The average Bonchev–Trinajstić information content (AvgIpc) is 2.61. The number of fused-ring (bicyclic) bond motifs is 1. The molecule has 0 aliphatic carbocycles. The Bertz CT molecular complexity index is 981. The van der Waals surface area contributed by atoms with E-state index >= 15 is 0 Å². The second-order valence-corrected chi connectivity index (χ2v) is 6.06. The number of hydrogen-bond donors (Lipinski definition) is 1. The molecule has 134 valence electrons. The highest BCUT2D eigenvalue weighted by molar-refractivity contribution is 6.10. The molecule has 1 aliphatic rings. The van der Waals surface area contributed by atoms with Gasteiger partial charge in [-0.2, -0.15) is 9.69 Å². The van der Waals surface area contributed by atoms with Gasteiger partial charge in [0.2, 0.25) is 11.8 Å². The molecule has 0 bridgehead atoms. The van der Waals surface area contributed by atoms with Crippen molar-refractivity contribution in [2.75, 3.05) is 11.6 Å². The first kappa shape index (κ1) is 17.8. The highest BCUT2D eigenvalue weighted by Crippen LogP contribution is 2.16. The number of carbonyl (C=O) groups excluding carboxylic acids is 2. The molecule has 0 saturated carbocycles. The van der Waals surface area contributed by atoms with E-state index in [2.05, 4.69) is 16.8 Å². The molecule has 1 N–H and O–H groups in total. The lowest BCUT2D eigenvalue weighted by molar-refractivity contribution is -0.131. The molecule has 1 aromatic carbocycles. The van der Waals surface area contributed by atoms with E-state index in [4.69, 9.17) is 5.11 Å². The number of unbranched alkanes of at least 4 members (excludes halogenated alkanes) is 1. The van der Waals surface area contributed by atoms with Crippen molar-refractivity contribution in [1.82, 2.24) is 9.66 Å². The van der Waals surface area contributed by atoms with Crippen LogP contribution in [0.1, 0.15) is 43.5 Å². The molecular weight excluding hydrogens is 334 g/mol. The van der Waals surface area contributed by atoms with Gasteiger partial charge in [-0.1, -0.05) is 17.9 Å². The molecule has 2 heterocycles. The maximum atomic E-state index is 13.1. The molecule has 0 unspecified atom stereocenters. The Morgan fingerprint density at radius 3 is 2.62 bits per heavy atom. The molecule has 0 spiro atoms. The lowest BCUT2D eigenvalue weighted by Crippen LogP contribution is -2.53. The maximum absolute atomic E-state index is 13.1. The fourth-order valence-electron chi connectivity index (χ4n) is 2.96. The number of aryl methyl sites for hydroxylation is 1. The standard InChI is InChI=1S/C19H19N3O4/c1-13-20-15-9-5-8-14(7-3-2-4-12-23)18(15)19(26)21(13)22-16(24)10-6-11-17(22)25/h5,8-9,23H,2,4,6,10-12H2,1H3. The van der Waals surface area contributed by atoms with Crippen LogP contribution in [0.4, 0.5) is 0 Å². The first-order chi connectivity index (χ1) is 12.5. The number of nitrogens with zero attached hydrogens (tertiary/aromatic N) is 3. The van der Waals surface area contributed by atoms with Gasteiger partial charge in [-0.05, 0) is 31.9 Å². The summed E-state index contributed by atoms with van der Waals surface area (Å²) < 4.78 is 1.06. The smallest absolute Gasteiger partial charge is 0.282 e. The summed E-state index contributed by atoms with van der Waals surface area (Å²) in [6.45, 7) is 1.65. The topological polar surface area (TPSA) is 92.5 Å². The molecule has 2 amide bonds. The van der Waals surface area contributed by atoms with E-state index < -0.39 is 17.4 Å². The summed E-state index contributed by atoms with van der Waals surface area (Å²) in [5.74, 6) is 5.32. The van der Waals surface area contributed by atoms with Gasteiger partial charge < -0.3 is 5.11 Å². The predicted molar refractivity (Wildman–Crippen MR) is 96.0 cm³/mol. The first-order valence-corrected chi connectivity index (χ1v) is 8.52. The zero-order chi connectivity index (χ0) is 18.7. The third-order valence-corrected chi connectivity index (χ3v) is 4.17. The van der Waals surface area contributed by atoms with Gasteiger partial charge in [0.25, 0.3) is 5.56 Å². The van der Waals surface area contributed by atoms with Crippen molar-refractivity contribution in [3.63, 3.8) is 0 Å². The summed E-state index contributed by atoms with van der Waals surface area (Å²) >= 11 is 0. The average molecular weight is 353 g/mol. The second-order valence-electron chi connectivity index (χ2n) is 6.06. The molecule has 1 aliphatic heterocycles. The first-order valence-electron chi connectivity index (χ1n) is 8.52. The molecule has 0 atom stereocenters. The van der Waals surface area contributed by atoms with Crippen molar-refractivity contribution < 1.29 is 14.7 Å². The van der Waals surface area contributed by atoms with E-state index in [1.165, 1.54) is 0 Å². The lowest BCUT2D eigenvalue weighted by Gasteiger charge is -2.27. The number of aromatic nitrogens is 2. The quantitative estimate of drug-likeness (QED) is 0.505. The normalized spacial score (nSPS) is 14.5. The molecule has 1 aromatic heterocycles. The van der Waals surface area contributed by atoms with E-state index in [-0.39, 0.29) is 30.7 Å². The number of imide groups is 1. The fourth-order valence-corrected chi connectivity index (χ4v) is 2.96. The van der Waals surface area contributed by atoms with Crippen LogP contribution in [0, 0.1) is 18.8 Å². The van der Waals surface area contributed by atoms with Gasteiger partial charge in [0.15, 0.2) is 0 Å². The summed E-state index contributed by atoms with van der Waals surface area (Å²) in [5, 5.41) is 10.0. The van der Waals surface area contributed by atoms with Crippen LogP contribution in [0.3, 0.4) is 0 Å². The molecule has 1 fully saturated rings. The van der Waals surface area contributed by atoms with Crippen LogP contribution < -0.4 is 10.6 Å². The van der Waals surface area contributed by atoms with E-state index in [0.29, 0.717) is 30.3 Å². The monoisotopic (exact) mass is 353 g/mol. The highest BCUT2D eigenvalue weighted by atomic mass is 16.3. The van der Waals surface area contributed by atoms with Crippen LogP contribution in [0.5, 0.6) is 0 Å². The zero-order valence-corrected chi connectivity index (χ0v) is 14.5. The summed E-state index contributed by atoms with van der Waals surface area (Å²) in [5.41, 5.74) is 0.473. The van der Waals surface area contributed by atoms with Gasteiger partial charge in [-0.15, -0.1) is 0 Å². The minimum absolute atomic E-state index is 0.0525. The largest absolute Gasteiger partial charge is 0.396 e. The van der Waals surface area contributed by atoms with Crippen LogP contribution in [0.15, 0.2) is 23.0 Å². The van der Waals surface area contributed by atoms with Gasteiger partial charge in [0, 0.05) is 31.4 Å². The summed E-state index contributed by atoms with van der Waals surface area (Å²) in [7, 11) is 0. The number of rotatable bonds is 3. The Kier molecular flexibility index (Phi) is 5.14. The third kappa shape index (κ3) is 3.24. The Hall–Kier alpha value is -2.98. The van der Waals surface area contributed by atoms with Crippen molar-refractivity contribution in [3.8, 4) is 11.8 Å². The molecular formula is C19H19N3O4. The highest BCUT2D eigenvalue weighted by Gasteiger charge is 2.30. The summed E-state index contributed by atoms with van der Waals surface area (Å²) in [4.78, 5) is 42.0. The molecule has 7 nitrogen and oxygen atoms in total. The number of piperidine rings is 1. The second kappa shape index (κ2) is 7.50. The molecule has 2 aromatic rings. The molecule has 3 rings (SSSR count). The van der Waals surface area contributed by atoms with Crippen molar-refractivity contribution >= 4 is 22.7 Å². The Morgan fingerprint density at radius 2 is 1.92 bits per heavy atom. The number of aliphatic hydroxyl groups excluding tert-OH is 1. The van der Waals surface area contributed by atoms with Crippen molar-refractivity contribution in [2.24, 2.45) is 0 Å². The number of amides is 2. The van der Waals surface area contributed by atoms with Crippen molar-refractivity contribution in [1.29, 1.82) is 0 Å². The van der Waals surface area contributed by atoms with Crippen LogP contribution >= 0.6 is 0 Å². The van der Waals surface area contributed by atoms with Gasteiger partial charge in [-0.3, -0.25) is 14.4 Å². The number of aliphatic hydroxyl groups is 1. The van der Waals surface area contributed by atoms with Crippen molar-refractivity contribution in [2.45, 2.75) is 39.0 Å². The Balaban J connectivity index is 2.19. The molecule has 7 heteroatoms. The molecule has 1 saturated heterocycles. The lowest BCUT2D eigenvalue weighted by atomic mass is 10.1.